The molecule has 2 aliphatic rings. The normalized spacial score (nSPS) is 31.2. The molecular formula is C13H25F3N4. The van der Waals surface area contributed by atoms with Gasteiger partial charge in [0.1, 0.15) is 6.29 Å². The molecule has 0 spiro atoms. The van der Waals surface area contributed by atoms with Crippen molar-refractivity contribution in [2.24, 2.45) is 11.7 Å². The summed E-state index contributed by atoms with van der Waals surface area (Å²) >= 11 is 0. The zero-order valence-corrected chi connectivity index (χ0v) is 11.7. The second-order valence-electron chi connectivity index (χ2n) is 5.94. The lowest BCUT2D eigenvalue weighted by atomic mass is 9.85. The fraction of sp³-hybridized carbons (Fsp3) is 1.00. The summed E-state index contributed by atoms with van der Waals surface area (Å²) in [5.41, 5.74) is 5.97. The summed E-state index contributed by atoms with van der Waals surface area (Å²) in [7, 11) is 0. The van der Waals surface area contributed by atoms with Crippen molar-refractivity contribution in [1.82, 2.24) is 16.0 Å². The fourth-order valence-corrected chi connectivity index (χ4v) is 3.18. The predicted octanol–water partition coefficient (Wildman–Crippen LogP) is 1.28. The SMILES string of the molecule is NC(NC1CCNCC1)NC1CCCC(C(F)(F)F)C1. The summed E-state index contributed by atoms with van der Waals surface area (Å²) in [5, 5.41) is 9.65. The molecule has 0 bridgehead atoms. The third kappa shape index (κ3) is 4.87. The maximum atomic E-state index is 12.7. The summed E-state index contributed by atoms with van der Waals surface area (Å²) in [6.07, 6.45) is -0.710. The van der Waals surface area contributed by atoms with E-state index in [-0.39, 0.29) is 18.9 Å². The van der Waals surface area contributed by atoms with E-state index in [0.717, 1.165) is 32.4 Å². The first-order chi connectivity index (χ1) is 9.45. The van der Waals surface area contributed by atoms with E-state index in [2.05, 4.69) is 16.0 Å². The van der Waals surface area contributed by atoms with Crippen molar-refractivity contribution in [2.75, 3.05) is 13.1 Å². The van der Waals surface area contributed by atoms with Gasteiger partial charge in [0.2, 0.25) is 0 Å². The molecule has 7 heteroatoms. The minimum Gasteiger partial charge on any atom is -0.317 e. The lowest BCUT2D eigenvalue weighted by Crippen LogP contribution is -2.58. The minimum absolute atomic E-state index is 0.139. The van der Waals surface area contributed by atoms with Crippen molar-refractivity contribution in [3.05, 3.63) is 0 Å². The van der Waals surface area contributed by atoms with Gasteiger partial charge in [0.05, 0.1) is 5.92 Å². The molecule has 2 fully saturated rings. The van der Waals surface area contributed by atoms with Crippen LogP contribution in [0.2, 0.25) is 0 Å². The smallest absolute Gasteiger partial charge is 0.317 e. The maximum Gasteiger partial charge on any atom is 0.391 e. The van der Waals surface area contributed by atoms with Crippen molar-refractivity contribution in [1.29, 1.82) is 0 Å². The zero-order valence-electron chi connectivity index (χ0n) is 11.7. The van der Waals surface area contributed by atoms with Crippen LogP contribution in [0.5, 0.6) is 0 Å². The molecule has 20 heavy (non-hydrogen) atoms. The van der Waals surface area contributed by atoms with Gasteiger partial charge in [0.25, 0.3) is 0 Å². The first-order valence-electron chi connectivity index (χ1n) is 7.50. The van der Waals surface area contributed by atoms with E-state index >= 15 is 0 Å². The van der Waals surface area contributed by atoms with Gasteiger partial charge in [-0.15, -0.1) is 0 Å². The molecule has 0 amide bonds. The highest BCUT2D eigenvalue weighted by Gasteiger charge is 2.42. The largest absolute Gasteiger partial charge is 0.391 e. The minimum atomic E-state index is -4.08. The molecule has 1 aliphatic carbocycles. The molecular weight excluding hydrogens is 269 g/mol. The summed E-state index contributed by atoms with van der Waals surface area (Å²) in [5.74, 6) is -1.18. The monoisotopic (exact) mass is 294 g/mol. The third-order valence-electron chi connectivity index (χ3n) is 4.31. The van der Waals surface area contributed by atoms with Gasteiger partial charge in [-0.3, -0.25) is 10.6 Å². The average molecular weight is 294 g/mol. The zero-order chi connectivity index (χ0) is 14.6. The van der Waals surface area contributed by atoms with Gasteiger partial charge in [-0.25, -0.2) is 0 Å². The number of alkyl halides is 3. The molecule has 0 radical (unpaired) electrons. The van der Waals surface area contributed by atoms with Gasteiger partial charge in [0, 0.05) is 12.1 Å². The summed E-state index contributed by atoms with van der Waals surface area (Å²) in [6.45, 7) is 1.92. The van der Waals surface area contributed by atoms with E-state index in [1.807, 2.05) is 0 Å². The van der Waals surface area contributed by atoms with Crippen LogP contribution in [-0.4, -0.2) is 37.6 Å². The molecule has 1 heterocycles. The second kappa shape index (κ2) is 7.06. The van der Waals surface area contributed by atoms with Crippen LogP contribution < -0.4 is 21.7 Å². The maximum absolute atomic E-state index is 12.7. The van der Waals surface area contributed by atoms with E-state index in [1.54, 1.807) is 0 Å². The predicted molar refractivity (Wildman–Crippen MR) is 71.9 cm³/mol. The van der Waals surface area contributed by atoms with Gasteiger partial charge in [-0.1, -0.05) is 6.42 Å². The van der Waals surface area contributed by atoms with Crippen molar-refractivity contribution < 1.29 is 13.2 Å². The van der Waals surface area contributed by atoms with Crippen molar-refractivity contribution in [3.8, 4) is 0 Å². The second-order valence-corrected chi connectivity index (χ2v) is 5.94. The first-order valence-corrected chi connectivity index (χ1v) is 7.50. The fourth-order valence-electron chi connectivity index (χ4n) is 3.18. The molecule has 0 aromatic carbocycles. The lowest BCUT2D eigenvalue weighted by molar-refractivity contribution is -0.184. The Kier molecular flexibility index (Phi) is 5.65. The molecule has 3 atom stereocenters. The molecule has 4 nitrogen and oxygen atoms in total. The molecule has 1 aliphatic heterocycles. The van der Waals surface area contributed by atoms with Crippen LogP contribution in [0.4, 0.5) is 13.2 Å². The lowest BCUT2D eigenvalue weighted by Gasteiger charge is -2.34. The highest BCUT2D eigenvalue weighted by molar-refractivity contribution is 4.84. The molecule has 2 rings (SSSR count). The van der Waals surface area contributed by atoms with Crippen LogP contribution in [-0.2, 0) is 0 Å². The van der Waals surface area contributed by atoms with Crippen molar-refractivity contribution in [2.45, 2.75) is 63.1 Å². The Bertz CT molecular complexity index is 292. The van der Waals surface area contributed by atoms with Crippen molar-refractivity contribution in [3.63, 3.8) is 0 Å². The van der Waals surface area contributed by atoms with Gasteiger partial charge >= 0.3 is 6.18 Å². The van der Waals surface area contributed by atoms with E-state index in [0.29, 0.717) is 12.5 Å². The topological polar surface area (TPSA) is 62.1 Å². The summed E-state index contributed by atoms with van der Waals surface area (Å²) in [6, 6.07) is 0.209. The van der Waals surface area contributed by atoms with Gasteiger partial charge in [0.15, 0.2) is 0 Å². The molecule has 3 unspecified atom stereocenters. The highest BCUT2D eigenvalue weighted by Crippen LogP contribution is 2.37. The third-order valence-corrected chi connectivity index (χ3v) is 4.31. The van der Waals surface area contributed by atoms with Crippen LogP contribution in [0.3, 0.4) is 0 Å². The molecule has 0 aromatic rings. The van der Waals surface area contributed by atoms with E-state index < -0.39 is 18.4 Å². The van der Waals surface area contributed by atoms with Crippen LogP contribution in [0.15, 0.2) is 0 Å². The molecule has 5 N–H and O–H groups in total. The Morgan fingerprint density at radius 3 is 2.30 bits per heavy atom. The molecule has 1 saturated carbocycles. The van der Waals surface area contributed by atoms with E-state index in [9.17, 15) is 13.2 Å². The number of halogens is 3. The quantitative estimate of drug-likeness (QED) is 0.590. The first kappa shape index (κ1) is 16.0. The highest BCUT2D eigenvalue weighted by atomic mass is 19.4. The van der Waals surface area contributed by atoms with Crippen LogP contribution >= 0.6 is 0 Å². The Morgan fingerprint density at radius 2 is 1.65 bits per heavy atom. The summed E-state index contributed by atoms with van der Waals surface area (Å²) < 4.78 is 38.2. The number of rotatable bonds is 4. The average Bonchev–Trinajstić information content (AvgIpc) is 2.39. The van der Waals surface area contributed by atoms with Gasteiger partial charge in [-0.2, -0.15) is 13.2 Å². The Morgan fingerprint density at radius 1 is 1.00 bits per heavy atom. The Hall–Kier alpha value is -0.370. The van der Waals surface area contributed by atoms with E-state index in [1.165, 1.54) is 0 Å². The number of piperidine rings is 1. The number of nitrogens with two attached hydrogens (primary N) is 1. The Balaban J connectivity index is 1.74. The number of nitrogens with one attached hydrogen (secondary N) is 3. The van der Waals surface area contributed by atoms with Crippen LogP contribution in [0.25, 0.3) is 0 Å². The van der Waals surface area contributed by atoms with Crippen LogP contribution in [0.1, 0.15) is 38.5 Å². The Labute approximate surface area is 118 Å². The molecule has 0 aromatic heterocycles. The van der Waals surface area contributed by atoms with Crippen molar-refractivity contribution >= 4 is 0 Å². The van der Waals surface area contributed by atoms with Gasteiger partial charge in [-0.05, 0) is 45.2 Å². The summed E-state index contributed by atoms with van der Waals surface area (Å²) in [4.78, 5) is 0. The number of hydrogen-bond donors (Lipinski definition) is 4. The molecule has 1 saturated heterocycles. The molecule has 118 valence electrons. The number of hydrogen-bond acceptors (Lipinski definition) is 4. The standard InChI is InChI=1S/C13H25F3N4/c14-13(15,16)9-2-1-3-11(8-9)20-12(17)19-10-4-6-18-7-5-10/h9-12,18-20H,1-8,17H2. The van der Waals surface area contributed by atoms with Gasteiger partial charge < -0.3 is 11.1 Å². The van der Waals surface area contributed by atoms with Crippen LogP contribution in [0, 0.1) is 5.92 Å². The van der Waals surface area contributed by atoms with E-state index in [4.69, 9.17) is 5.73 Å².